The monoisotopic (exact) mass is 378 g/mol. The highest BCUT2D eigenvalue weighted by molar-refractivity contribution is 5.87. The topological polar surface area (TPSA) is 37.6 Å². The lowest BCUT2D eigenvalue weighted by atomic mass is 10.0. The number of aromatic nitrogens is 1. The van der Waals surface area contributed by atoms with Crippen molar-refractivity contribution in [3.8, 4) is 17.0 Å². The van der Waals surface area contributed by atoms with Crippen LogP contribution in [-0.2, 0) is 6.54 Å². The number of benzene rings is 2. The summed E-state index contributed by atoms with van der Waals surface area (Å²) in [7, 11) is 1.68. The number of aliphatic hydroxyl groups excluding tert-OH is 1. The molecule has 1 aliphatic heterocycles. The summed E-state index contributed by atoms with van der Waals surface area (Å²) in [6, 6.07) is 19.3. The van der Waals surface area contributed by atoms with E-state index in [2.05, 4.69) is 58.9 Å². The Kier molecular flexibility index (Phi) is 5.69. The molecule has 3 aromatic rings. The highest BCUT2D eigenvalue weighted by Gasteiger charge is 2.22. The first-order valence-electron chi connectivity index (χ1n) is 10.3. The third kappa shape index (κ3) is 3.94. The Labute approximate surface area is 167 Å². The molecule has 1 aliphatic rings. The van der Waals surface area contributed by atoms with Gasteiger partial charge in [0.1, 0.15) is 5.75 Å². The van der Waals surface area contributed by atoms with Crippen molar-refractivity contribution in [2.45, 2.75) is 44.9 Å². The zero-order valence-corrected chi connectivity index (χ0v) is 16.8. The highest BCUT2D eigenvalue weighted by atomic mass is 16.5. The van der Waals surface area contributed by atoms with Gasteiger partial charge in [-0.15, -0.1) is 0 Å². The molecule has 4 heteroatoms. The van der Waals surface area contributed by atoms with Gasteiger partial charge >= 0.3 is 0 Å². The first-order chi connectivity index (χ1) is 13.7. The molecule has 2 unspecified atom stereocenters. The summed E-state index contributed by atoms with van der Waals surface area (Å²) in [4.78, 5) is 2.44. The smallest absolute Gasteiger partial charge is 0.118 e. The number of hydrogen-bond donors (Lipinski definition) is 1. The van der Waals surface area contributed by atoms with Gasteiger partial charge in [0, 0.05) is 29.2 Å². The molecule has 1 N–H and O–H groups in total. The minimum Gasteiger partial charge on any atom is -0.497 e. The van der Waals surface area contributed by atoms with E-state index in [-0.39, 0.29) is 0 Å². The molecular weight excluding hydrogens is 348 g/mol. The summed E-state index contributed by atoms with van der Waals surface area (Å²) in [5.41, 5.74) is 3.43. The molecular formula is C24H30N2O2. The molecule has 1 fully saturated rings. The van der Waals surface area contributed by atoms with E-state index in [0.29, 0.717) is 12.6 Å². The lowest BCUT2D eigenvalue weighted by Gasteiger charge is -2.34. The predicted molar refractivity (Wildman–Crippen MR) is 115 cm³/mol. The first kappa shape index (κ1) is 19.0. The van der Waals surface area contributed by atoms with Crippen LogP contribution in [0.25, 0.3) is 22.2 Å². The molecule has 1 aromatic heterocycles. The summed E-state index contributed by atoms with van der Waals surface area (Å²) in [6.07, 6.45) is 3.38. The van der Waals surface area contributed by atoms with Gasteiger partial charge in [0.05, 0.1) is 19.8 Å². The number of nitrogens with zero attached hydrogens (tertiary/aromatic N) is 2. The van der Waals surface area contributed by atoms with Gasteiger partial charge in [-0.25, -0.2) is 0 Å². The van der Waals surface area contributed by atoms with Crippen molar-refractivity contribution in [3.05, 3.63) is 54.6 Å². The second-order valence-electron chi connectivity index (χ2n) is 7.92. The molecule has 2 heterocycles. The summed E-state index contributed by atoms with van der Waals surface area (Å²) in [5, 5.41) is 12.1. The Morgan fingerprint density at radius 3 is 2.61 bits per heavy atom. The first-order valence-corrected chi connectivity index (χ1v) is 10.3. The van der Waals surface area contributed by atoms with E-state index in [4.69, 9.17) is 4.74 Å². The quantitative estimate of drug-likeness (QED) is 0.684. The van der Waals surface area contributed by atoms with E-state index in [0.717, 1.165) is 30.1 Å². The number of rotatable bonds is 6. The second-order valence-corrected chi connectivity index (χ2v) is 7.92. The number of likely N-dealkylation sites (tertiary alicyclic amines) is 1. The van der Waals surface area contributed by atoms with Gasteiger partial charge in [-0.3, -0.25) is 4.90 Å². The normalized spacial score (nSPS) is 19.0. The molecule has 2 aromatic carbocycles. The van der Waals surface area contributed by atoms with Crippen LogP contribution in [0.4, 0.5) is 0 Å². The number of para-hydroxylation sites is 1. The fourth-order valence-corrected chi connectivity index (χ4v) is 4.38. The molecule has 0 saturated carbocycles. The van der Waals surface area contributed by atoms with E-state index in [1.54, 1.807) is 7.11 Å². The van der Waals surface area contributed by atoms with Gasteiger partial charge in [0.25, 0.3) is 0 Å². The molecule has 0 spiro atoms. The van der Waals surface area contributed by atoms with E-state index in [9.17, 15) is 5.11 Å². The Morgan fingerprint density at radius 1 is 1.07 bits per heavy atom. The maximum absolute atomic E-state index is 10.9. The maximum Gasteiger partial charge on any atom is 0.118 e. The SMILES string of the molecule is COc1ccc(-c2cc3ccccc3n2CC(O)CN2CCCCC2C)cc1. The molecule has 0 amide bonds. The summed E-state index contributed by atoms with van der Waals surface area (Å²) >= 11 is 0. The summed E-state index contributed by atoms with van der Waals surface area (Å²) in [5.74, 6) is 0.852. The van der Waals surface area contributed by atoms with Crippen molar-refractivity contribution in [2.24, 2.45) is 0 Å². The Bertz CT molecular complexity index is 916. The Hall–Kier alpha value is -2.30. The number of aliphatic hydroxyl groups is 1. The number of β-amino-alcohol motifs (C(OH)–C–C–N with tert-alkyl or cyclic N) is 1. The Balaban J connectivity index is 1.62. The molecule has 1 saturated heterocycles. The number of fused-ring (bicyclic) bond motifs is 1. The van der Waals surface area contributed by atoms with Gasteiger partial charge in [0.15, 0.2) is 0 Å². The van der Waals surface area contributed by atoms with Crippen molar-refractivity contribution < 1.29 is 9.84 Å². The van der Waals surface area contributed by atoms with Gasteiger partial charge in [0.2, 0.25) is 0 Å². The number of ether oxygens (including phenoxy) is 1. The fraction of sp³-hybridized carbons (Fsp3) is 0.417. The molecule has 0 bridgehead atoms. The van der Waals surface area contributed by atoms with Crippen LogP contribution < -0.4 is 4.74 Å². The van der Waals surface area contributed by atoms with Gasteiger partial charge in [-0.2, -0.15) is 0 Å². The van der Waals surface area contributed by atoms with Crippen LogP contribution >= 0.6 is 0 Å². The average molecular weight is 379 g/mol. The van der Waals surface area contributed by atoms with Crippen molar-refractivity contribution in [1.82, 2.24) is 9.47 Å². The minimum atomic E-state index is -0.395. The van der Waals surface area contributed by atoms with Crippen LogP contribution in [0.15, 0.2) is 54.6 Å². The van der Waals surface area contributed by atoms with Crippen LogP contribution in [-0.4, -0.2) is 46.9 Å². The number of hydrogen-bond acceptors (Lipinski definition) is 3. The van der Waals surface area contributed by atoms with E-state index in [1.807, 2.05) is 12.1 Å². The molecule has 0 aliphatic carbocycles. The third-order valence-corrected chi connectivity index (χ3v) is 5.98. The summed E-state index contributed by atoms with van der Waals surface area (Å²) < 4.78 is 7.56. The molecule has 0 radical (unpaired) electrons. The van der Waals surface area contributed by atoms with Crippen molar-refractivity contribution in [3.63, 3.8) is 0 Å². The van der Waals surface area contributed by atoms with Crippen LogP contribution in [0.5, 0.6) is 5.75 Å². The lowest BCUT2D eigenvalue weighted by molar-refractivity contribution is 0.0647. The molecule has 4 rings (SSSR count). The lowest BCUT2D eigenvalue weighted by Crippen LogP contribution is -2.43. The van der Waals surface area contributed by atoms with Crippen LogP contribution in [0.1, 0.15) is 26.2 Å². The molecule has 2 atom stereocenters. The van der Waals surface area contributed by atoms with Crippen LogP contribution in [0, 0.1) is 0 Å². The zero-order chi connectivity index (χ0) is 19.5. The Morgan fingerprint density at radius 2 is 1.86 bits per heavy atom. The standard InChI is InChI=1S/C24H30N2O2/c1-18-7-5-6-14-25(18)16-21(27)17-26-23-9-4-3-8-20(23)15-24(26)19-10-12-22(28-2)13-11-19/h3-4,8-13,15,18,21,27H,5-7,14,16-17H2,1-2H3. The van der Waals surface area contributed by atoms with Crippen molar-refractivity contribution >= 4 is 10.9 Å². The van der Waals surface area contributed by atoms with E-state index < -0.39 is 6.10 Å². The predicted octanol–water partition coefficient (Wildman–Crippen LogP) is 4.55. The second kappa shape index (κ2) is 8.38. The van der Waals surface area contributed by atoms with Gasteiger partial charge < -0.3 is 14.4 Å². The minimum absolute atomic E-state index is 0.395. The fourth-order valence-electron chi connectivity index (χ4n) is 4.38. The third-order valence-electron chi connectivity index (χ3n) is 5.98. The van der Waals surface area contributed by atoms with Gasteiger partial charge in [-0.05, 0) is 68.3 Å². The van der Waals surface area contributed by atoms with Gasteiger partial charge in [-0.1, -0.05) is 24.6 Å². The number of methoxy groups -OCH3 is 1. The maximum atomic E-state index is 10.9. The zero-order valence-electron chi connectivity index (χ0n) is 16.8. The molecule has 28 heavy (non-hydrogen) atoms. The van der Waals surface area contributed by atoms with E-state index in [1.165, 1.54) is 30.2 Å². The van der Waals surface area contributed by atoms with Crippen molar-refractivity contribution in [2.75, 3.05) is 20.2 Å². The average Bonchev–Trinajstić information content (AvgIpc) is 3.08. The molecule has 4 nitrogen and oxygen atoms in total. The largest absolute Gasteiger partial charge is 0.497 e. The number of piperidine rings is 1. The van der Waals surface area contributed by atoms with Crippen LogP contribution in [0.3, 0.4) is 0 Å². The summed E-state index contributed by atoms with van der Waals surface area (Å²) in [6.45, 7) is 4.70. The molecule has 148 valence electrons. The highest BCUT2D eigenvalue weighted by Crippen LogP contribution is 2.30. The van der Waals surface area contributed by atoms with E-state index >= 15 is 0 Å². The van der Waals surface area contributed by atoms with Crippen LogP contribution in [0.2, 0.25) is 0 Å². The van der Waals surface area contributed by atoms with Crippen molar-refractivity contribution in [1.29, 1.82) is 0 Å².